The maximum absolute atomic E-state index is 3.09. The third-order valence-electron chi connectivity index (χ3n) is 32.3. The normalized spacial score (nSPS) is 29.2. The first-order chi connectivity index (χ1) is 46.8. The Hall–Kier alpha value is -3.76. The van der Waals surface area contributed by atoms with Crippen LogP contribution in [0.2, 0.25) is 0 Å². The summed E-state index contributed by atoms with van der Waals surface area (Å²) < 4.78 is -0.775. The fraction of sp³-hybridized carbons (Fsp3) is 0.640. The summed E-state index contributed by atoms with van der Waals surface area (Å²) in [6.07, 6.45) is 27.0. The van der Waals surface area contributed by atoms with Crippen molar-refractivity contribution in [3.8, 4) is 0 Å². The Bertz CT molecular complexity index is 3780. The van der Waals surface area contributed by atoms with Crippen molar-refractivity contribution in [2.45, 2.75) is 403 Å². The molecule has 0 unspecified atom stereocenters. The van der Waals surface area contributed by atoms with Crippen molar-refractivity contribution in [2.24, 2.45) is 0 Å². The minimum atomic E-state index is -2.77. The molecule has 12 aliphatic carbocycles. The van der Waals surface area contributed by atoms with E-state index in [-0.39, 0.29) is 81.8 Å². The molecule has 18 rings (SSSR count). The Balaban J connectivity index is 1.18. The summed E-state index contributed by atoms with van der Waals surface area (Å²) in [6, 6.07) is 36.8. The van der Waals surface area contributed by atoms with Gasteiger partial charge in [0.2, 0.25) is 0 Å². The first-order valence-corrected chi connectivity index (χ1v) is 45.7. The standard InChI is InChI=1S/2C50H67.Pb/c2*1-14-15-16-17-18-50-34-28-40-37(44(2,3)19-22-47(40,8)9)25-31(34)43(32-26-38-41(29-35(32)50)48(10,11)23-20-45(38,4)5)33-27-39-42(30-36(33)50)49(12,13)24-21-46(39,6)7;/h2*25-30H,14-24H2,1-13H3;. The summed E-state index contributed by atoms with van der Waals surface area (Å²) in [5.74, 6) is 0. The van der Waals surface area contributed by atoms with Crippen LogP contribution in [0.5, 0.6) is 0 Å². The van der Waals surface area contributed by atoms with Crippen LogP contribution in [-0.2, 0) is 81.8 Å². The van der Waals surface area contributed by atoms with E-state index in [9.17, 15) is 0 Å². The third kappa shape index (κ3) is 9.61. The molecule has 0 heterocycles. The van der Waals surface area contributed by atoms with Crippen molar-refractivity contribution >= 4 is 24.2 Å². The Morgan fingerprint density at radius 3 is 0.465 bits per heavy atom. The summed E-state index contributed by atoms with van der Waals surface area (Å²) in [5.41, 5.74) is 40.7. The predicted octanol–water partition coefficient (Wildman–Crippen LogP) is 26.6. The van der Waals surface area contributed by atoms with Crippen LogP contribution in [-0.4, -0.2) is 24.2 Å². The van der Waals surface area contributed by atoms with Gasteiger partial charge in [0.1, 0.15) is 0 Å². The van der Waals surface area contributed by atoms with Crippen LogP contribution in [0.3, 0.4) is 0 Å². The number of benzene rings is 6. The van der Waals surface area contributed by atoms with Crippen molar-refractivity contribution in [1.29, 1.82) is 0 Å². The molecule has 0 aliphatic heterocycles. The van der Waals surface area contributed by atoms with E-state index in [4.69, 9.17) is 0 Å². The molecule has 6 aromatic carbocycles. The minimum absolute atomic E-state index is 0.0265. The van der Waals surface area contributed by atoms with E-state index in [2.05, 4.69) is 253 Å². The van der Waals surface area contributed by atoms with Crippen LogP contribution in [0.4, 0.5) is 0 Å². The zero-order chi connectivity index (χ0) is 72.6. The van der Waals surface area contributed by atoms with Crippen molar-refractivity contribution in [3.05, 3.63) is 206 Å². The SMILES string of the molecule is CCCCCCC12c3cc4c(cc3[C]([Pb][C]35c6cc7c(cc6C(CCCCCC)(c6cc8c(cc63)C(C)(C)CCC8(C)C)c3cc6c(cc35)C(C)(C)CCC6(C)C)C(C)(C)CCC7(C)C)(c3cc5c(cc31)C(C)(C)CCC5(C)C)c1cc3c(cc12)C(C)(C)CCC3(C)C)C(C)(C)CCC4(C)C. The molecular formula is C100H134Pb. The fourth-order valence-electron chi connectivity index (χ4n) is 24.5. The van der Waals surface area contributed by atoms with E-state index >= 15 is 0 Å². The van der Waals surface area contributed by atoms with Gasteiger partial charge in [0.05, 0.1) is 0 Å². The van der Waals surface area contributed by atoms with E-state index in [1.54, 1.807) is 134 Å². The summed E-state index contributed by atoms with van der Waals surface area (Å²) in [7, 11) is 0. The van der Waals surface area contributed by atoms with Gasteiger partial charge in [-0.15, -0.1) is 0 Å². The van der Waals surface area contributed by atoms with Crippen LogP contribution in [0.25, 0.3) is 0 Å². The molecule has 0 N–H and O–H groups in total. The first kappa shape index (κ1) is 71.5. The van der Waals surface area contributed by atoms with Crippen molar-refractivity contribution in [3.63, 3.8) is 0 Å². The van der Waals surface area contributed by atoms with Crippen molar-refractivity contribution in [1.82, 2.24) is 0 Å². The quantitative estimate of drug-likeness (QED) is 0.0846. The van der Waals surface area contributed by atoms with Gasteiger partial charge in [0.25, 0.3) is 0 Å². The van der Waals surface area contributed by atoms with Crippen LogP contribution < -0.4 is 0 Å². The number of rotatable bonds is 12. The van der Waals surface area contributed by atoms with E-state index in [1.165, 1.54) is 128 Å². The van der Waals surface area contributed by atoms with Crippen LogP contribution in [0.15, 0.2) is 72.8 Å². The second-order valence-electron chi connectivity index (χ2n) is 44.3. The van der Waals surface area contributed by atoms with E-state index in [1.807, 2.05) is 0 Å². The second kappa shape index (κ2) is 22.0. The molecule has 1 heteroatoms. The van der Waals surface area contributed by atoms with Gasteiger partial charge in [-0.2, -0.15) is 0 Å². The van der Waals surface area contributed by atoms with Gasteiger partial charge < -0.3 is 0 Å². The summed E-state index contributed by atoms with van der Waals surface area (Å²) in [6.45, 7) is 68.7. The molecule has 0 nitrogen and oxygen atoms in total. The maximum atomic E-state index is 3.09. The van der Waals surface area contributed by atoms with E-state index < -0.39 is 24.2 Å². The summed E-state index contributed by atoms with van der Waals surface area (Å²) in [5, 5.41) is 0. The molecule has 6 aromatic rings. The predicted molar refractivity (Wildman–Crippen MR) is 433 cm³/mol. The molecule has 4 bridgehead atoms. The summed E-state index contributed by atoms with van der Waals surface area (Å²) in [4.78, 5) is 0. The summed E-state index contributed by atoms with van der Waals surface area (Å²) >= 11 is -2.77. The zero-order valence-electron chi connectivity index (χ0n) is 69.0. The fourth-order valence-corrected chi connectivity index (χ4v) is 34.7. The molecule has 0 saturated heterocycles. The number of unbranched alkanes of at least 4 members (excludes halogenated alkanes) is 6. The molecular weight excluding hydrogens is 1410 g/mol. The van der Waals surface area contributed by atoms with Gasteiger partial charge in [0.15, 0.2) is 0 Å². The van der Waals surface area contributed by atoms with E-state index in [0.717, 1.165) is 12.8 Å². The van der Waals surface area contributed by atoms with Crippen LogP contribution in [0.1, 0.15) is 455 Å². The zero-order valence-corrected chi connectivity index (χ0v) is 72.9. The van der Waals surface area contributed by atoms with Crippen molar-refractivity contribution in [2.75, 3.05) is 0 Å². The van der Waals surface area contributed by atoms with Gasteiger partial charge in [-0.1, -0.05) is 0 Å². The van der Waals surface area contributed by atoms with Gasteiger partial charge in [0, 0.05) is 0 Å². The van der Waals surface area contributed by atoms with Gasteiger partial charge >= 0.3 is 634 Å². The molecule has 0 aromatic heterocycles. The first-order valence-electron chi connectivity index (χ1n) is 41.8. The molecule has 12 aliphatic rings. The van der Waals surface area contributed by atoms with E-state index in [0.29, 0.717) is 0 Å². The number of hydrogen-bond acceptors (Lipinski definition) is 0. The average Bonchev–Trinajstić information content (AvgIpc) is 0.634. The van der Waals surface area contributed by atoms with Gasteiger partial charge in [-0.25, -0.2) is 0 Å². The molecule has 0 spiro atoms. The second-order valence-corrected chi connectivity index (χ2v) is 51.1. The molecule has 0 saturated carbocycles. The Labute approximate surface area is 628 Å². The van der Waals surface area contributed by atoms with Crippen LogP contribution >= 0.6 is 0 Å². The van der Waals surface area contributed by atoms with Crippen molar-refractivity contribution < 1.29 is 0 Å². The molecule has 0 atom stereocenters. The average molecular weight is 1540 g/mol. The molecule has 2 radical (unpaired) electrons. The van der Waals surface area contributed by atoms with Crippen LogP contribution in [0, 0.1) is 0 Å². The monoisotopic (exact) mass is 1540 g/mol. The molecule has 101 heavy (non-hydrogen) atoms. The Morgan fingerprint density at radius 2 is 0.327 bits per heavy atom. The van der Waals surface area contributed by atoms with Gasteiger partial charge in [-0.3, -0.25) is 0 Å². The Kier molecular flexibility index (Phi) is 15.6. The topological polar surface area (TPSA) is 0 Å². The number of fused-ring (bicyclic) bond motifs is 6. The molecule has 0 amide bonds. The third-order valence-corrected chi connectivity index (χ3v) is 41.5. The van der Waals surface area contributed by atoms with Gasteiger partial charge in [-0.05, 0) is 0 Å². The Morgan fingerprint density at radius 1 is 0.188 bits per heavy atom. The molecule has 538 valence electrons. The molecule has 0 fully saturated rings. The number of hydrogen-bond donors (Lipinski definition) is 0.